The molecule has 4 aliphatic rings. The van der Waals surface area contributed by atoms with Crippen LogP contribution in [0.25, 0.3) is 0 Å². The third kappa shape index (κ3) is 2.60. The van der Waals surface area contributed by atoms with Crippen molar-refractivity contribution < 1.29 is 5.11 Å². The molecule has 1 nitrogen and oxygen atoms in total. The van der Waals surface area contributed by atoms with E-state index in [1.54, 1.807) is 0 Å². The molecule has 0 heterocycles. The predicted molar refractivity (Wildman–Crippen MR) is 101 cm³/mol. The monoisotopic (exact) mass is 332 g/mol. The van der Waals surface area contributed by atoms with Gasteiger partial charge in [0.1, 0.15) is 0 Å². The number of rotatable bonds is 3. The fourth-order valence-electron chi connectivity index (χ4n) is 8.43. The van der Waals surface area contributed by atoms with Gasteiger partial charge in [-0.05, 0) is 105 Å². The molecule has 0 bridgehead atoms. The molecule has 0 aromatic heterocycles. The van der Waals surface area contributed by atoms with Crippen LogP contribution in [0.15, 0.2) is 0 Å². The standard InChI is InChI=1S/C23H40O/c1-4-12-23(24)14-11-18-16(15-23)6-8-20-19(18)10-13-22(3)17(5-2)7-9-21(20)22/h16-21,24H,4-15H2,1-3H3/t16-,17?,18-,19+,20+,21-,22+,23+/m0/s1. The third-order valence-corrected chi connectivity index (χ3v) is 9.51. The van der Waals surface area contributed by atoms with Gasteiger partial charge in [-0.2, -0.15) is 0 Å². The lowest BCUT2D eigenvalue weighted by Crippen LogP contribution is -2.50. The first-order chi connectivity index (χ1) is 11.5. The van der Waals surface area contributed by atoms with E-state index in [9.17, 15) is 5.11 Å². The van der Waals surface area contributed by atoms with Crippen molar-refractivity contribution in [1.82, 2.24) is 0 Å². The smallest absolute Gasteiger partial charge is 0.0650 e. The lowest BCUT2D eigenvalue weighted by Gasteiger charge is -2.57. The summed E-state index contributed by atoms with van der Waals surface area (Å²) in [6.07, 6.45) is 16.0. The number of hydrogen-bond donors (Lipinski definition) is 1. The van der Waals surface area contributed by atoms with Gasteiger partial charge in [0.05, 0.1) is 5.60 Å². The molecule has 138 valence electrons. The average molecular weight is 333 g/mol. The maximum absolute atomic E-state index is 11.0. The molecule has 0 amide bonds. The van der Waals surface area contributed by atoms with Crippen molar-refractivity contribution >= 4 is 0 Å². The molecule has 4 fully saturated rings. The van der Waals surface area contributed by atoms with Crippen LogP contribution in [-0.4, -0.2) is 10.7 Å². The molecule has 24 heavy (non-hydrogen) atoms. The molecule has 4 rings (SSSR count). The van der Waals surface area contributed by atoms with E-state index in [1.807, 2.05) is 0 Å². The first-order valence-corrected chi connectivity index (χ1v) is 11.2. The van der Waals surface area contributed by atoms with Crippen molar-refractivity contribution in [2.24, 2.45) is 40.9 Å². The summed E-state index contributed by atoms with van der Waals surface area (Å²) >= 11 is 0. The minimum Gasteiger partial charge on any atom is -0.390 e. The molecule has 4 aliphatic carbocycles. The molecule has 1 unspecified atom stereocenters. The van der Waals surface area contributed by atoms with Gasteiger partial charge in [0.15, 0.2) is 0 Å². The van der Waals surface area contributed by atoms with Gasteiger partial charge in [-0.1, -0.05) is 33.6 Å². The highest BCUT2D eigenvalue weighted by molar-refractivity contribution is 5.06. The van der Waals surface area contributed by atoms with E-state index >= 15 is 0 Å². The Bertz CT molecular complexity index is 459. The molecule has 0 aromatic rings. The fraction of sp³-hybridized carbons (Fsp3) is 1.00. The molecule has 0 spiro atoms. The van der Waals surface area contributed by atoms with Gasteiger partial charge >= 0.3 is 0 Å². The molecule has 0 saturated heterocycles. The van der Waals surface area contributed by atoms with Crippen LogP contribution in [0.4, 0.5) is 0 Å². The summed E-state index contributed by atoms with van der Waals surface area (Å²) in [7, 11) is 0. The van der Waals surface area contributed by atoms with Gasteiger partial charge in [-0.3, -0.25) is 0 Å². The highest BCUT2D eigenvalue weighted by Gasteiger charge is 2.57. The normalized spacial score (nSPS) is 54.0. The summed E-state index contributed by atoms with van der Waals surface area (Å²) < 4.78 is 0. The van der Waals surface area contributed by atoms with Crippen molar-refractivity contribution in [1.29, 1.82) is 0 Å². The van der Waals surface area contributed by atoms with Crippen LogP contribution in [0.1, 0.15) is 97.8 Å². The Morgan fingerprint density at radius 1 is 0.875 bits per heavy atom. The Hall–Kier alpha value is -0.0400. The molecular weight excluding hydrogens is 292 g/mol. The van der Waals surface area contributed by atoms with Crippen LogP contribution >= 0.6 is 0 Å². The zero-order chi connectivity index (χ0) is 16.9. The summed E-state index contributed by atoms with van der Waals surface area (Å²) in [5.41, 5.74) is 0.354. The molecule has 0 radical (unpaired) electrons. The summed E-state index contributed by atoms with van der Waals surface area (Å²) in [5.74, 6) is 5.85. The van der Waals surface area contributed by atoms with Crippen LogP contribution in [0.5, 0.6) is 0 Å². The minimum atomic E-state index is -0.313. The third-order valence-electron chi connectivity index (χ3n) is 9.51. The second kappa shape index (κ2) is 6.29. The fourth-order valence-corrected chi connectivity index (χ4v) is 8.43. The van der Waals surface area contributed by atoms with Gasteiger partial charge < -0.3 is 5.11 Å². The van der Waals surface area contributed by atoms with Gasteiger partial charge in [-0.25, -0.2) is 0 Å². The van der Waals surface area contributed by atoms with E-state index in [1.165, 1.54) is 51.4 Å². The summed E-state index contributed by atoms with van der Waals surface area (Å²) in [5, 5.41) is 11.0. The Morgan fingerprint density at radius 2 is 1.67 bits per heavy atom. The molecule has 4 saturated carbocycles. The second-order valence-corrected chi connectivity index (χ2v) is 10.4. The van der Waals surface area contributed by atoms with E-state index in [0.29, 0.717) is 5.41 Å². The van der Waals surface area contributed by atoms with Crippen molar-refractivity contribution in [3.8, 4) is 0 Å². The Balaban J connectivity index is 1.50. The van der Waals surface area contributed by atoms with E-state index in [-0.39, 0.29) is 5.60 Å². The Kier molecular flexibility index (Phi) is 4.55. The summed E-state index contributed by atoms with van der Waals surface area (Å²) in [6, 6.07) is 0. The van der Waals surface area contributed by atoms with Gasteiger partial charge in [-0.15, -0.1) is 0 Å². The highest BCUT2D eigenvalue weighted by Crippen LogP contribution is 2.65. The minimum absolute atomic E-state index is 0.313. The zero-order valence-corrected chi connectivity index (χ0v) is 16.4. The molecular formula is C23H40O. The van der Waals surface area contributed by atoms with Crippen molar-refractivity contribution in [2.75, 3.05) is 0 Å². The SMILES string of the molecule is CCC[C@@]1(O)CC[C@H]2[C@@H](CC[C@@H]3[C@@H]2CC[C@]2(C)C(CC)CC[C@@H]32)C1. The maximum Gasteiger partial charge on any atom is 0.0650 e. The number of hydrogen-bond acceptors (Lipinski definition) is 1. The summed E-state index contributed by atoms with van der Waals surface area (Å²) in [4.78, 5) is 0. The second-order valence-electron chi connectivity index (χ2n) is 10.4. The van der Waals surface area contributed by atoms with Crippen molar-refractivity contribution in [3.63, 3.8) is 0 Å². The average Bonchev–Trinajstić information content (AvgIpc) is 2.90. The van der Waals surface area contributed by atoms with Crippen LogP contribution in [0.3, 0.4) is 0 Å². The van der Waals surface area contributed by atoms with E-state index in [2.05, 4.69) is 20.8 Å². The Morgan fingerprint density at radius 3 is 2.42 bits per heavy atom. The van der Waals surface area contributed by atoms with Gasteiger partial charge in [0.2, 0.25) is 0 Å². The predicted octanol–water partition coefficient (Wildman–Crippen LogP) is 6.20. The maximum atomic E-state index is 11.0. The molecule has 1 heteroatoms. The largest absolute Gasteiger partial charge is 0.390 e. The van der Waals surface area contributed by atoms with E-state index < -0.39 is 0 Å². The van der Waals surface area contributed by atoms with Gasteiger partial charge in [0.25, 0.3) is 0 Å². The van der Waals surface area contributed by atoms with E-state index in [4.69, 9.17) is 0 Å². The lowest BCUT2D eigenvalue weighted by molar-refractivity contribution is -0.108. The quantitative estimate of drug-likeness (QED) is 0.652. The molecule has 1 N–H and O–H groups in total. The van der Waals surface area contributed by atoms with Crippen LogP contribution in [0, 0.1) is 40.9 Å². The number of fused-ring (bicyclic) bond motifs is 5. The van der Waals surface area contributed by atoms with Crippen molar-refractivity contribution in [2.45, 2.75) is 103 Å². The summed E-state index contributed by atoms with van der Waals surface area (Å²) in [6.45, 7) is 7.31. The lowest BCUT2D eigenvalue weighted by atomic mass is 9.49. The Labute approximate surface area is 150 Å². The zero-order valence-electron chi connectivity index (χ0n) is 16.4. The van der Waals surface area contributed by atoms with Crippen molar-refractivity contribution in [3.05, 3.63) is 0 Å². The van der Waals surface area contributed by atoms with Crippen LogP contribution in [0.2, 0.25) is 0 Å². The van der Waals surface area contributed by atoms with Crippen LogP contribution < -0.4 is 0 Å². The molecule has 0 aromatic carbocycles. The van der Waals surface area contributed by atoms with E-state index in [0.717, 1.165) is 61.2 Å². The first kappa shape index (κ1) is 17.4. The number of aliphatic hydroxyl groups is 1. The topological polar surface area (TPSA) is 20.2 Å². The van der Waals surface area contributed by atoms with Crippen LogP contribution in [-0.2, 0) is 0 Å². The molecule has 0 aliphatic heterocycles. The highest BCUT2D eigenvalue weighted by atomic mass is 16.3. The van der Waals surface area contributed by atoms with Gasteiger partial charge in [0, 0.05) is 0 Å². The molecule has 8 atom stereocenters. The first-order valence-electron chi connectivity index (χ1n) is 11.2.